The smallest absolute Gasteiger partial charge is 0.410 e. The first kappa shape index (κ1) is 16.0. The molecule has 0 N–H and O–H groups in total. The number of aromatic nitrogens is 2. The highest BCUT2D eigenvalue weighted by Crippen LogP contribution is 2.40. The molecule has 25 heavy (non-hydrogen) atoms. The number of halogens is 3. The van der Waals surface area contributed by atoms with Crippen molar-refractivity contribution in [3.05, 3.63) is 41.6 Å². The van der Waals surface area contributed by atoms with E-state index in [2.05, 4.69) is 5.10 Å². The van der Waals surface area contributed by atoms with E-state index in [1.807, 2.05) is 18.2 Å². The van der Waals surface area contributed by atoms with Crippen LogP contribution in [0.1, 0.15) is 23.7 Å². The summed E-state index contributed by atoms with van der Waals surface area (Å²) in [5.41, 5.74) is 1.37. The maximum absolute atomic E-state index is 13.2. The van der Waals surface area contributed by atoms with Crippen molar-refractivity contribution in [2.45, 2.75) is 38.1 Å². The summed E-state index contributed by atoms with van der Waals surface area (Å²) in [5.74, 6) is 0.490. The summed E-state index contributed by atoms with van der Waals surface area (Å²) in [6.45, 7) is 1.60. The highest BCUT2D eigenvalue weighted by atomic mass is 19.4. The molecule has 2 aromatic rings. The Labute approximate surface area is 142 Å². The van der Waals surface area contributed by atoms with Gasteiger partial charge in [-0.1, -0.05) is 18.2 Å². The van der Waals surface area contributed by atoms with Crippen molar-refractivity contribution >= 4 is 11.7 Å². The molecular formula is C17H16F3N3O2. The lowest BCUT2D eigenvalue weighted by Gasteiger charge is -2.34. The van der Waals surface area contributed by atoms with Crippen molar-refractivity contribution in [3.63, 3.8) is 0 Å². The normalized spacial score (nSPS) is 22.3. The van der Waals surface area contributed by atoms with Gasteiger partial charge in [-0.2, -0.15) is 18.3 Å². The van der Waals surface area contributed by atoms with Crippen molar-refractivity contribution in [3.8, 4) is 5.75 Å². The number of hydrogen-bond acceptors (Lipinski definition) is 3. The van der Waals surface area contributed by atoms with E-state index in [0.29, 0.717) is 17.9 Å². The molecular weight excluding hydrogens is 335 g/mol. The molecule has 0 bridgehead atoms. The van der Waals surface area contributed by atoms with Crippen LogP contribution < -0.4 is 9.64 Å². The van der Waals surface area contributed by atoms with Crippen LogP contribution in [-0.2, 0) is 11.2 Å². The number of para-hydroxylation sites is 1. The van der Waals surface area contributed by atoms with Gasteiger partial charge in [0.05, 0.1) is 5.69 Å². The molecule has 8 heteroatoms. The monoisotopic (exact) mass is 351 g/mol. The van der Waals surface area contributed by atoms with E-state index in [1.54, 1.807) is 13.0 Å². The number of ether oxygens (including phenoxy) is 1. The quantitative estimate of drug-likeness (QED) is 0.793. The fourth-order valence-electron chi connectivity index (χ4n) is 3.44. The zero-order valence-electron chi connectivity index (χ0n) is 13.5. The number of amides is 1. The first-order valence-electron chi connectivity index (χ1n) is 8.03. The van der Waals surface area contributed by atoms with E-state index >= 15 is 0 Å². The molecule has 0 saturated heterocycles. The Balaban J connectivity index is 1.62. The van der Waals surface area contributed by atoms with E-state index in [1.165, 1.54) is 11.0 Å². The van der Waals surface area contributed by atoms with Gasteiger partial charge in [0, 0.05) is 19.0 Å². The Kier molecular flexibility index (Phi) is 3.52. The summed E-state index contributed by atoms with van der Waals surface area (Å²) in [7, 11) is 0. The minimum atomic E-state index is -4.40. The number of hydrogen-bond donors (Lipinski definition) is 0. The van der Waals surface area contributed by atoms with E-state index in [4.69, 9.17) is 4.74 Å². The van der Waals surface area contributed by atoms with E-state index < -0.39 is 18.3 Å². The van der Waals surface area contributed by atoms with Gasteiger partial charge >= 0.3 is 6.18 Å². The van der Waals surface area contributed by atoms with Crippen LogP contribution in [0.2, 0.25) is 0 Å². The molecule has 0 unspecified atom stereocenters. The zero-order chi connectivity index (χ0) is 17.8. The molecule has 0 radical (unpaired) electrons. The molecule has 0 saturated carbocycles. The second-order valence-corrected chi connectivity index (χ2v) is 6.34. The predicted molar refractivity (Wildman–Crippen MR) is 83.6 cm³/mol. The molecule has 0 aliphatic carbocycles. The molecule has 5 nitrogen and oxygen atoms in total. The Morgan fingerprint density at radius 2 is 2.08 bits per heavy atom. The number of nitrogens with zero attached hydrogens (tertiary/aromatic N) is 3. The van der Waals surface area contributed by atoms with Crippen LogP contribution in [0.3, 0.4) is 0 Å². The lowest BCUT2D eigenvalue weighted by molar-refractivity contribution is -0.173. The number of carbonyl (C=O) groups excluding carboxylic acids is 1. The molecule has 3 heterocycles. The van der Waals surface area contributed by atoms with E-state index in [-0.39, 0.29) is 24.7 Å². The Hall–Kier alpha value is -2.51. The van der Waals surface area contributed by atoms with Crippen molar-refractivity contribution in [2.24, 2.45) is 0 Å². The van der Waals surface area contributed by atoms with Gasteiger partial charge in [0.15, 0.2) is 12.1 Å². The summed E-state index contributed by atoms with van der Waals surface area (Å²) in [4.78, 5) is 14.2. The Morgan fingerprint density at radius 1 is 1.32 bits per heavy atom. The van der Waals surface area contributed by atoms with E-state index in [0.717, 1.165) is 10.2 Å². The standard InChI is InChI=1S/C17H16F3N3O2/c1-10-8-15-22(7-6-14(17(18,19)20)23(15)21-10)16(24)13-9-11-4-2-3-5-12(11)25-13/h2-5,8,13-14H,6-7,9H2,1H3/t13-,14-/m0/s1. The predicted octanol–water partition coefficient (Wildman–Crippen LogP) is 3.04. The summed E-state index contributed by atoms with van der Waals surface area (Å²) >= 11 is 0. The molecule has 2 aliphatic rings. The number of anilines is 1. The number of carbonyl (C=O) groups is 1. The van der Waals surface area contributed by atoms with Gasteiger partial charge in [0.2, 0.25) is 0 Å². The third kappa shape index (κ3) is 2.65. The van der Waals surface area contributed by atoms with Crippen LogP contribution >= 0.6 is 0 Å². The van der Waals surface area contributed by atoms with Gasteiger partial charge in [-0.05, 0) is 25.0 Å². The second-order valence-electron chi connectivity index (χ2n) is 6.34. The Morgan fingerprint density at radius 3 is 2.80 bits per heavy atom. The molecule has 2 atom stereocenters. The third-order valence-electron chi connectivity index (χ3n) is 4.60. The lowest BCUT2D eigenvalue weighted by Crippen LogP contribution is -2.48. The molecule has 4 rings (SSSR count). The highest BCUT2D eigenvalue weighted by molar-refractivity contribution is 5.97. The topological polar surface area (TPSA) is 47.4 Å². The molecule has 0 spiro atoms. The third-order valence-corrected chi connectivity index (χ3v) is 4.60. The van der Waals surface area contributed by atoms with Crippen LogP contribution in [0.15, 0.2) is 30.3 Å². The van der Waals surface area contributed by atoms with Crippen LogP contribution in [-0.4, -0.2) is 34.5 Å². The van der Waals surface area contributed by atoms with Gasteiger partial charge < -0.3 is 4.74 Å². The highest BCUT2D eigenvalue weighted by Gasteiger charge is 2.47. The van der Waals surface area contributed by atoms with Gasteiger partial charge in [-0.25, -0.2) is 4.68 Å². The lowest BCUT2D eigenvalue weighted by atomic mass is 10.1. The molecule has 2 aliphatic heterocycles. The maximum Gasteiger partial charge on any atom is 0.410 e. The molecule has 1 amide bonds. The van der Waals surface area contributed by atoms with Crippen molar-refractivity contribution in [2.75, 3.05) is 11.4 Å². The van der Waals surface area contributed by atoms with Crippen LogP contribution in [0.4, 0.5) is 19.0 Å². The van der Waals surface area contributed by atoms with Gasteiger partial charge in [0.25, 0.3) is 5.91 Å². The minimum Gasteiger partial charge on any atom is -0.480 e. The molecule has 0 fully saturated rings. The van der Waals surface area contributed by atoms with E-state index in [9.17, 15) is 18.0 Å². The number of alkyl halides is 3. The number of aryl methyl sites for hydroxylation is 1. The number of benzene rings is 1. The first-order valence-corrected chi connectivity index (χ1v) is 8.03. The minimum absolute atomic E-state index is 0.00957. The second kappa shape index (κ2) is 5.50. The first-order chi connectivity index (χ1) is 11.8. The molecule has 1 aromatic carbocycles. The maximum atomic E-state index is 13.2. The van der Waals surface area contributed by atoms with Crippen LogP contribution in [0.25, 0.3) is 0 Å². The number of rotatable bonds is 1. The Bertz CT molecular complexity index is 806. The molecule has 1 aromatic heterocycles. The van der Waals surface area contributed by atoms with Crippen molar-refractivity contribution < 1.29 is 22.7 Å². The van der Waals surface area contributed by atoms with Crippen LogP contribution in [0.5, 0.6) is 5.75 Å². The summed E-state index contributed by atoms with van der Waals surface area (Å²) < 4.78 is 46.4. The SMILES string of the molecule is Cc1cc2n(n1)[C@H](C(F)(F)F)CCN2C(=O)[C@@H]1Cc2ccccc2O1. The van der Waals surface area contributed by atoms with Crippen molar-refractivity contribution in [1.29, 1.82) is 0 Å². The molecule has 132 valence electrons. The van der Waals surface area contributed by atoms with Crippen LogP contribution in [0, 0.1) is 6.92 Å². The fourth-order valence-corrected chi connectivity index (χ4v) is 3.44. The fraction of sp³-hybridized carbons (Fsp3) is 0.412. The average molecular weight is 351 g/mol. The average Bonchev–Trinajstić information content (AvgIpc) is 3.14. The van der Waals surface area contributed by atoms with Gasteiger partial charge in [-0.15, -0.1) is 0 Å². The number of fused-ring (bicyclic) bond motifs is 2. The van der Waals surface area contributed by atoms with Gasteiger partial charge in [0.1, 0.15) is 11.6 Å². The largest absolute Gasteiger partial charge is 0.480 e. The van der Waals surface area contributed by atoms with Crippen molar-refractivity contribution in [1.82, 2.24) is 9.78 Å². The summed E-state index contributed by atoms with van der Waals surface area (Å²) in [5, 5.41) is 3.96. The zero-order valence-corrected chi connectivity index (χ0v) is 13.5. The summed E-state index contributed by atoms with van der Waals surface area (Å²) in [6.07, 6.45) is -4.92. The summed E-state index contributed by atoms with van der Waals surface area (Å²) in [6, 6.07) is 7.15. The van der Waals surface area contributed by atoms with Gasteiger partial charge in [-0.3, -0.25) is 9.69 Å².